The summed E-state index contributed by atoms with van der Waals surface area (Å²) < 4.78 is 10.4. The zero-order valence-electron chi connectivity index (χ0n) is 11.1. The molecule has 0 heterocycles. The fourth-order valence-corrected chi connectivity index (χ4v) is 1.71. The summed E-state index contributed by atoms with van der Waals surface area (Å²) in [6, 6.07) is 5.08. The van der Waals surface area contributed by atoms with Crippen LogP contribution in [0.15, 0.2) is 18.2 Å². The minimum absolute atomic E-state index is 0.00759. The SMILES string of the molecule is CCOC(=O)c1cccc(CCC(=O)O)c1OCC. The lowest BCUT2D eigenvalue weighted by atomic mass is 10.0. The maximum Gasteiger partial charge on any atom is 0.341 e. The molecule has 0 bridgehead atoms. The first-order chi connectivity index (χ1) is 9.10. The summed E-state index contributed by atoms with van der Waals surface area (Å²) in [4.78, 5) is 22.4. The molecule has 5 heteroatoms. The molecule has 0 aromatic heterocycles. The standard InChI is InChI=1S/C14H18O5/c1-3-18-13-10(8-9-12(15)16)6-5-7-11(13)14(17)19-4-2/h5-7H,3-4,8-9H2,1-2H3,(H,15,16). The summed E-state index contributed by atoms with van der Waals surface area (Å²) >= 11 is 0. The number of hydrogen-bond donors (Lipinski definition) is 1. The Morgan fingerprint density at radius 2 is 1.95 bits per heavy atom. The van der Waals surface area contributed by atoms with Crippen LogP contribution < -0.4 is 4.74 Å². The molecule has 0 aliphatic rings. The maximum atomic E-state index is 11.8. The quantitative estimate of drug-likeness (QED) is 0.766. The molecule has 104 valence electrons. The molecule has 0 spiro atoms. The average molecular weight is 266 g/mol. The van der Waals surface area contributed by atoms with Gasteiger partial charge in [-0.25, -0.2) is 4.79 Å². The van der Waals surface area contributed by atoms with E-state index in [-0.39, 0.29) is 13.0 Å². The Balaban J connectivity index is 3.05. The van der Waals surface area contributed by atoms with E-state index in [1.54, 1.807) is 25.1 Å². The van der Waals surface area contributed by atoms with Crippen molar-refractivity contribution in [2.24, 2.45) is 0 Å². The highest BCUT2D eigenvalue weighted by Gasteiger charge is 2.17. The molecule has 0 atom stereocenters. The minimum Gasteiger partial charge on any atom is -0.493 e. The number of ether oxygens (including phenoxy) is 2. The molecule has 0 radical (unpaired) electrons. The number of hydrogen-bond acceptors (Lipinski definition) is 4. The van der Waals surface area contributed by atoms with Crippen LogP contribution in [0.1, 0.15) is 36.2 Å². The number of aliphatic carboxylic acids is 1. The molecular weight excluding hydrogens is 248 g/mol. The summed E-state index contributed by atoms with van der Waals surface area (Å²) in [5.41, 5.74) is 1.04. The molecule has 0 unspecified atom stereocenters. The second-order valence-corrected chi connectivity index (χ2v) is 3.84. The lowest BCUT2D eigenvalue weighted by Gasteiger charge is -2.13. The zero-order chi connectivity index (χ0) is 14.3. The molecular formula is C14H18O5. The van der Waals surface area contributed by atoms with Crippen LogP contribution in [0.4, 0.5) is 0 Å². The first-order valence-electron chi connectivity index (χ1n) is 6.23. The highest BCUT2D eigenvalue weighted by Crippen LogP contribution is 2.26. The number of carbonyl (C=O) groups is 2. The molecule has 1 aromatic rings. The highest BCUT2D eigenvalue weighted by atomic mass is 16.5. The summed E-state index contributed by atoms with van der Waals surface area (Å²) in [6.45, 7) is 4.22. The van der Waals surface area contributed by atoms with Crippen molar-refractivity contribution < 1.29 is 24.2 Å². The Labute approximate surface area is 112 Å². The number of carboxylic acids is 1. The van der Waals surface area contributed by atoms with E-state index in [4.69, 9.17) is 14.6 Å². The lowest BCUT2D eigenvalue weighted by Crippen LogP contribution is -2.10. The fraction of sp³-hybridized carbons (Fsp3) is 0.429. The first-order valence-corrected chi connectivity index (χ1v) is 6.23. The van der Waals surface area contributed by atoms with E-state index in [2.05, 4.69) is 0 Å². The number of carbonyl (C=O) groups excluding carboxylic acids is 1. The van der Waals surface area contributed by atoms with Gasteiger partial charge in [-0.05, 0) is 31.9 Å². The van der Waals surface area contributed by atoms with Gasteiger partial charge in [0.2, 0.25) is 0 Å². The van der Waals surface area contributed by atoms with Crippen molar-refractivity contribution >= 4 is 11.9 Å². The monoisotopic (exact) mass is 266 g/mol. The first kappa shape index (κ1) is 15.0. The van der Waals surface area contributed by atoms with Gasteiger partial charge in [-0.3, -0.25) is 4.79 Å². The van der Waals surface area contributed by atoms with Crippen molar-refractivity contribution in [3.05, 3.63) is 29.3 Å². The predicted molar refractivity (Wildman–Crippen MR) is 69.5 cm³/mol. The molecule has 1 aromatic carbocycles. The normalized spacial score (nSPS) is 10.0. The lowest BCUT2D eigenvalue weighted by molar-refractivity contribution is -0.136. The van der Waals surface area contributed by atoms with Gasteiger partial charge >= 0.3 is 11.9 Å². The summed E-state index contributed by atoms with van der Waals surface area (Å²) in [5, 5.41) is 8.73. The third kappa shape index (κ3) is 4.28. The van der Waals surface area contributed by atoms with Crippen LogP contribution in [0.5, 0.6) is 5.75 Å². The van der Waals surface area contributed by atoms with Gasteiger partial charge in [0, 0.05) is 6.42 Å². The highest BCUT2D eigenvalue weighted by molar-refractivity contribution is 5.93. The molecule has 0 saturated carbocycles. The van der Waals surface area contributed by atoms with E-state index in [1.807, 2.05) is 6.92 Å². The smallest absolute Gasteiger partial charge is 0.341 e. The van der Waals surface area contributed by atoms with Gasteiger partial charge in [-0.15, -0.1) is 0 Å². The number of benzene rings is 1. The van der Waals surface area contributed by atoms with Crippen LogP contribution in [0, 0.1) is 0 Å². The molecule has 1 N–H and O–H groups in total. The van der Waals surface area contributed by atoms with Gasteiger partial charge in [0.15, 0.2) is 0 Å². The van der Waals surface area contributed by atoms with Crippen LogP contribution in [0.2, 0.25) is 0 Å². The third-order valence-corrected chi connectivity index (χ3v) is 2.49. The van der Waals surface area contributed by atoms with Gasteiger partial charge in [0.05, 0.1) is 13.2 Å². The van der Waals surface area contributed by atoms with Crippen LogP contribution in [-0.2, 0) is 16.0 Å². The molecule has 0 fully saturated rings. The zero-order valence-corrected chi connectivity index (χ0v) is 11.1. The topological polar surface area (TPSA) is 72.8 Å². The number of para-hydroxylation sites is 1. The molecule has 0 aliphatic carbocycles. The molecule has 19 heavy (non-hydrogen) atoms. The van der Waals surface area contributed by atoms with Crippen molar-refractivity contribution in [1.29, 1.82) is 0 Å². The van der Waals surface area contributed by atoms with Crippen LogP contribution in [-0.4, -0.2) is 30.3 Å². The largest absolute Gasteiger partial charge is 0.493 e. The Kier molecular flexibility index (Phi) is 5.85. The van der Waals surface area contributed by atoms with Gasteiger partial charge in [-0.1, -0.05) is 12.1 Å². The van der Waals surface area contributed by atoms with Crippen molar-refractivity contribution in [2.75, 3.05) is 13.2 Å². The minimum atomic E-state index is -0.885. The van der Waals surface area contributed by atoms with Crippen molar-refractivity contribution in [3.63, 3.8) is 0 Å². The Morgan fingerprint density at radius 1 is 1.21 bits per heavy atom. The second kappa shape index (κ2) is 7.41. The van der Waals surface area contributed by atoms with E-state index in [0.717, 1.165) is 0 Å². The van der Waals surface area contributed by atoms with Crippen LogP contribution >= 0.6 is 0 Å². The van der Waals surface area contributed by atoms with Gasteiger partial charge < -0.3 is 14.6 Å². The number of aryl methyl sites for hydroxylation is 1. The van der Waals surface area contributed by atoms with Crippen LogP contribution in [0.3, 0.4) is 0 Å². The van der Waals surface area contributed by atoms with E-state index in [0.29, 0.717) is 29.9 Å². The number of carboxylic acid groups (broad SMARTS) is 1. The van der Waals surface area contributed by atoms with E-state index in [1.165, 1.54) is 0 Å². The summed E-state index contributed by atoms with van der Waals surface area (Å²) in [7, 11) is 0. The Morgan fingerprint density at radius 3 is 2.53 bits per heavy atom. The Hall–Kier alpha value is -2.04. The van der Waals surface area contributed by atoms with Crippen molar-refractivity contribution in [3.8, 4) is 5.75 Å². The number of esters is 1. The van der Waals surface area contributed by atoms with Crippen LogP contribution in [0.25, 0.3) is 0 Å². The summed E-state index contributed by atoms with van der Waals surface area (Å²) in [6.07, 6.45) is 0.310. The molecule has 0 saturated heterocycles. The van der Waals surface area contributed by atoms with Crippen molar-refractivity contribution in [1.82, 2.24) is 0 Å². The second-order valence-electron chi connectivity index (χ2n) is 3.84. The molecule has 0 amide bonds. The molecule has 5 nitrogen and oxygen atoms in total. The fourth-order valence-electron chi connectivity index (χ4n) is 1.71. The van der Waals surface area contributed by atoms with Gasteiger partial charge in [0.25, 0.3) is 0 Å². The average Bonchev–Trinajstić information content (AvgIpc) is 2.37. The number of rotatable bonds is 7. The van der Waals surface area contributed by atoms with E-state index >= 15 is 0 Å². The van der Waals surface area contributed by atoms with Gasteiger partial charge in [0.1, 0.15) is 11.3 Å². The molecule has 0 aliphatic heterocycles. The third-order valence-electron chi connectivity index (χ3n) is 2.49. The molecule has 1 rings (SSSR count). The maximum absolute atomic E-state index is 11.8. The van der Waals surface area contributed by atoms with Crippen molar-refractivity contribution in [2.45, 2.75) is 26.7 Å². The van der Waals surface area contributed by atoms with Gasteiger partial charge in [-0.2, -0.15) is 0 Å². The van der Waals surface area contributed by atoms with E-state index < -0.39 is 11.9 Å². The summed E-state index contributed by atoms with van der Waals surface area (Å²) in [5.74, 6) is -0.920. The van der Waals surface area contributed by atoms with E-state index in [9.17, 15) is 9.59 Å². The predicted octanol–water partition coefficient (Wildman–Crippen LogP) is 2.28. The Bertz CT molecular complexity index is 453.